The molecule has 0 spiro atoms. The van der Waals surface area contributed by atoms with Crippen molar-refractivity contribution in [1.29, 1.82) is 0 Å². The smallest absolute Gasteiger partial charge is 0.228 e. The fraction of sp³-hybridized carbons (Fsp3) is 0.294. The van der Waals surface area contributed by atoms with Crippen LogP contribution >= 0.6 is 11.6 Å². The number of carbonyl (C=O) groups is 1. The summed E-state index contributed by atoms with van der Waals surface area (Å²) >= 11 is 5.82. The molecular weight excluding hydrogens is 298 g/mol. The predicted molar refractivity (Wildman–Crippen MR) is 91.4 cm³/mol. The second-order valence-electron chi connectivity index (χ2n) is 6.16. The minimum atomic E-state index is -0.0827. The first-order chi connectivity index (χ1) is 10.3. The maximum Gasteiger partial charge on any atom is 0.228 e. The lowest BCUT2D eigenvalue weighted by Gasteiger charge is -2.21. The summed E-state index contributed by atoms with van der Waals surface area (Å²) in [4.78, 5) is 16.3. The molecule has 0 atom stereocenters. The van der Waals surface area contributed by atoms with Gasteiger partial charge >= 0.3 is 0 Å². The number of nitrogens with zero attached hydrogens (tertiary/aromatic N) is 1. The molecule has 1 amide bonds. The lowest BCUT2D eigenvalue weighted by Crippen LogP contribution is -2.26. The van der Waals surface area contributed by atoms with Crippen LogP contribution in [0.4, 0.5) is 11.5 Å². The van der Waals surface area contributed by atoms with Crippen LogP contribution in [0.25, 0.3) is 0 Å². The van der Waals surface area contributed by atoms with Crippen molar-refractivity contribution in [2.45, 2.75) is 32.7 Å². The number of nitrogens with one attached hydrogen (secondary N) is 2. The highest BCUT2D eigenvalue weighted by atomic mass is 35.5. The van der Waals surface area contributed by atoms with Gasteiger partial charge in [0.25, 0.3) is 0 Å². The summed E-state index contributed by atoms with van der Waals surface area (Å²) < 4.78 is 0. The van der Waals surface area contributed by atoms with E-state index in [0.717, 1.165) is 11.4 Å². The van der Waals surface area contributed by atoms with Crippen LogP contribution in [0.15, 0.2) is 42.6 Å². The Balaban J connectivity index is 1.93. The highest BCUT2D eigenvalue weighted by Crippen LogP contribution is 2.15. The van der Waals surface area contributed by atoms with E-state index >= 15 is 0 Å². The van der Waals surface area contributed by atoms with Crippen molar-refractivity contribution in [1.82, 2.24) is 4.98 Å². The van der Waals surface area contributed by atoms with E-state index in [9.17, 15) is 4.79 Å². The molecule has 0 aliphatic heterocycles. The number of anilines is 2. The highest BCUT2D eigenvalue weighted by Gasteiger charge is 2.10. The van der Waals surface area contributed by atoms with Crippen molar-refractivity contribution < 1.29 is 4.79 Å². The molecule has 0 saturated heterocycles. The number of pyridine rings is 1. The van der Waals surface area contributed by atoms with Crippen molar-refractivity contribution in [2.75, 3.05) is 10.6 Å². The van der Waals surface area contributed by atoms with Crippen LogP contribution < -0.4 is 10.6 Å². The molecule has 5 heteroatoms. The first-order valence-corrected chi connectivity index (χ1v) is 7.48. The van der Waals surface area contributed by atoms with Crippen molar-refractivity contribution >= 4 is 29.0 Å². The molecule has 0 aliphatic rings. The van der Waals surface area contributed by atoms with Gasteiger partial charge in [-0.25, -0.2) is 4.98 Å². The predicted octanol–water partition coefficient (Wildman–Crippen LogP) is 4.13. The molecule has 0 unspecified atom stereocenters. The van der Waals surface area contributed by atoms with E-state index < -0.39 is 0 Å². The zero-order chi connectivity index (χ0) is 16.2. The molecule has 2 rings (SSSR count). The minimum absolute atomic E-state index is 0.0493. The number of halogens is 1. The second-order valence-corrected chi connectivity index (χ2v) is 6.59. The highest BCUT2D eigenvalue weighted by molar-refractivity contribution is 6.30. The Kier molecular flexibility index (Phi) is 5.03. The zero-order valence-corrected chi connectivity index (χ0v) is 13.7. The van der Waals surface area contributed by atoms with E-state index in [4.69, 9.17) is 11.6 Å². The largest absolute Gasteiger partial charge is 0.365 e. The fourth-order valence-electron chi connectivity index (χ4n) is 1.92. The van der Waals surface area contributed by atoms with Gasteiger partial charge in [0.1, 0.15) is 5.82 Å². The molecule has 2 aromatic rings. The summed E-state index contributed by atoms with van der Waals surface area (Å²) in [6.07, 6.45) is 1.95. The average molecular weight is 318 g/mol. The number of amides is 1. The molecule has 0 fully saturated rings. The molecule has 2 N–H and O–H groups in total. The van der Waals surface area contributed by atoms with Crippen molar-refractivity contribution in [3.8, 4) is 0 Å². The Labute approximate surface area is 135 Å². The number of rotatable bonds is 4. The first kappa shape index (κ1) is 16.3. The molecule has 116 valence electrons. The molecule has 1 heterocycles. The van der Waals surface area contributed by atoms with Gasteiger partial charge in [-0.2, -0.15) is 0 Å². The number of hydrogen-bond acceptors (Lipinski definition) is 3. The van der Waals surface area contributed by atoms with Crippen LogP contribution in [0.5, 0.6) is 0 Å². The number of carbonyl (C=O) groups excluding carboxylic acids is 1. The lowest BCUT2D eigenvalue weighted by atomic mass is 10.1. The normalized spacial score (nSPS) is 11.1. The topological polar surface area (TPSA) is 54.0 Å². The monoisotopic (exact) mass is 317 g/mol. The van der Waals surface area contributed by atoms with Crippen LogP contribution in [0.3, 0.4) is 0 Å². The Hall–Kier alpha value is -2.07. The van der Waals surface area contributed by atoms with Crippen molar-refractivity contribution in [3.63, 3.8) is 0 Å². The molecule has 1 aromatic heterocycles. The van der Waals surface area contributed by atoms with Crippen LogP contribution in [-0.4, -0.2) is 16.4 Å². The average Bonchev–Trinajstić information content (AvgIpc) is 2.42. The quantitative estimate of drug-likeness (QED) is 0.891. The second kappa shape index (κ2) is 6.79. The van der Waals surface area contributed by atoms with Crippen LogP contribution in [0, 0.1) is 0 Å². The summed E-state index contributed by atoms with van der Waals surface area (Å²) in [6.45, 7) is 6.20. The Morgan fingerprint density at radius 3 is 2.36 bits per heavy atom. The molecule has 0 saturated carbocycles. The number of aromatic nitrogens is 1. The maximum atomic E-state index is 12.0. The zero-order valence-electron chi connectivity index (χ0n) is 13.0. The van der Waals surface area contributed by atoms with Gasteiger partial charge in [-0.15, -0.1) is 0 Å². The molecule has 1 aromatic carbocycles. The summed E-state index contributed by atoms with van der Waals surface area (Å²) in [6, 6.07) is 10.9. The van der Waals surface area contributed by atoms with Gasteiger partial charge in [-0.1, -0.05) is 23.7 Å². The Morgan fingerprint density at radius 1 is 1.14 bits per heavy atom. The van der Waals surface area contributed by atoms with Crippen LogP contribution in [-0.2, 0) is 11.2 Å². The third-order valence-electron chi connectivity index (χ3n) is 2.83. The first-order valence-electron chi connectivity index (χ1n) is 7.10. The molecule has 22 heavy (non-hydrogen) atoms. The van der Waals surface area contributed by atoms with Gasteiger partial charge in [0.05, 0.1) is 18.3 Å². The number of benzene rings is 1. The lowest BCUT2D eigenvalue weighted by molar-refractivity contribution is -0.115. The van der Waals surface area contributed by atoms with Crippen molar-refractivity contribution in [2.24, 2.45) is 0 Å². The van der Waals surface area contributed by atoms with Gasteiger partial charge < -0.3 is 10.6 Å². The fourth-order valence-corrected chi connectivity index (χ4v) is 2.04. The van der Waals surface area contributed by atoms with Gasteiger partial charge in [-0.3, -0.25) is 4.79 Å². The molecular formula is C17H20ClN3O. The van der Waals surface area contributed by atoms with Gasteiger partial charge in [0.15, 0.2) is 0 Å². The summed E-state index contributed by atoms with van der Waals surface area (Å²) in [7, 11) is 0. The van der Waals surface area contributed by atoms with E-state index in [-0.39, 0.29) is 11.4 Å². The van der Waals surface area contributed by atoms with E-state index in [1.807, 2.05) is 24.3 Å². The van der Waals surface area contributed by atoms with Crippen LogP contribution in [0.1, 0.15) is 26.3 Å². The molecule has 4 nitrogen and oxygen atoms in total. The Bertz CT molecular complexity index is 630. The number of hydrogen-bond donors (Lipinski definition) is 2. The standard InChI is InChI=1S/C17H20ClN3O/c1-17(2,3)21-15-9-8-14(11-19-15)20-16(22)10-12-4-6-13(18)7-5-12/h4-9,11H,10H2,1-3H3,(H,19,21)(H,20,22). The molecule has 0 radical (unpaired) electrons. The summed E-state index contributed by atoms with van der Waals surface area (Å²) in [5.74, 6) is 0.698. The van der Waals surface area contributed by atoms with Crippen LogP contribution in [0.2, 0.25) is 5.02 Å². The van der Waals surface area contributed by atoms with E-state index in [1.54, 1.807) is 18.3 Å². The van der Waals surface area contributed by atoms with E-state index in [2.05, 4.69) is 36.4 Å². The van der Waals surface area contributed by atoms with Crippen molar-refractivity contribution in [3.05, 3.63) is 53.2 Å². The Morgan fingerprint density at radius 2 is 1.82 bits per heavy atom. The van der Waals surface area contributed by atoms with E-state index in [0.29, 0.717) is 17.1 Å². The van der Waals surface area contributed by atoms with Gasteiger partial charge in [0, 0.05) is 10.6 Å². The third-order valence-corrected chi connectivity index (χ3v) is 3.08. The van der Waals surface area contributed by atoms with E-state index in [1.165, 1.54) is 0 Å². The summed E-state index contributed by atoms with van der Waals surface area (Å²) in [5, 5.41) is 6.77. The van der Waals surface area contributed by atoms with Gasteiger partial charge in [0.2, 0.25) is 5.91 Å². The molecule has 0 aliphatic carbocycles. The molecule has 0 bridgehead atoms. The van der Waals surface area contributed by atoms with Gasteiger partial charge in [-0.05, 0) is 50.6 Å². The SMILES string of the molecule is CC(C)(C)Nc1ccc(NC(=O)Cc2ccc(Cl)cc2)cn1. The third kappa shape index (κ3) is 5.37. The maximum absolute atomic E-state index is 12.0. The summed E-state index contributed by atoms with van der Waals surface area (Å²) in [5.41, 5.74) is 1.55. The minimum Gasteiger partial charge on any atom is -0.365 e.